The summed E-state index contributed by atoms with van der Waals surface area (Å²) in [5, 5.41) is 9.91. The van der Waals surface area contributed by atoms with Crippen LogP contribution in [-0.4, -0.2) is 33.8 Å². The summed E-state index contributed by atoms with van der Waals surface area (Å²) in [6.07, 6.45) is 2.49. The zero-order chi connectivity index (χ0) is 13.5. The average molecular weight is 264 g/mol. The Kier molecular flexibility index (Phi) is 4.49. The quantitative estimate of drug-likeness (QED) is 0.772. The summed E-state index contributed by atoms with van der Waals surface area (Å²) in [4.78, 5) is 12.4. The van der Waals surface area contributed by atoms with Crippen LogP contribution in [0.5, 0.6) is 6.01 Å². The van der Waals surface area contributed by atoms with Crippen molar-refractivity contribution in [1.29, 1.82) is 0 Å². The predicted molar refractivity (Wildman–Crippen MR) is 69.0 cm³/mol. The smallest absolute Gasteiger partial charge is 0.322 e. The normalized spacial score (nSPS) is 10.2. The molecule has 2 heterocycles. The lowest BCUT2D eigenvalue weighted by atomic mass is 10.4. The van der Waals surface area contributed by atoms with Crippen LogP contribution in [0.2, 0.25) is 0 Å². The van der Waals surface area contributed by atoms with Crippen LogP contribution in [0, 0.1) is 0 Å². The number of aromatic nitrogens is 4. The third kappa shape index (κ3) is 3.80. The van der Waals surface area contributed by atoms with Gasteiger partial charge in [-0.15, -0.1) is 0 Å². The van der Waals surface area contributed by atoms with Crippen molar-refractivity contribution in [3.8, 4) is 6.01 Å². The number of methoxy groups -OCH3 is 1. The molecule has 0 saturated carbocycles. The third-order valence-corrected chi connectivity index (χ3v) is 2.25. The van der Waals surface area contributed by atoms with Crippen molar-refractivity contribution in [1.82, 2.24) is 20.1 Å². The first-order valence-corrected chi connectivity index (χ1v) is 5.99. The third-order valence-electron chi connectivity index (χ3n) is 2.25. The zero-order valence-corrected chi connectivity index (χ0v) is 10.9. The van der Waals surface area contributed by atoms with Gasteiger partial charge in [0.05, 0.1) is 13.7 Å². The number of rotatable bonds is 7. The van der Waals surface area contributed by atoms with E-state index >= 15 is 0 Å². The Morgan fingerprint density at radius 2 is 2.00 bits per heavy atom. The van der Waals surface area contributed by atoms with Crippen LogP contribution in [0.15, 0.2) is 16.9 Å². The Morgan fingerprint density at radius 3 is 2.63 bits per heavy atom. The van der Waals surface area contributed by atoms with Gasteiger partial charge < -0.3 is 19.9 Å². The fourth-order valence-corrected chi connectivity index (χ4v) is 1.34. The fraction of sp³-hybridized carbons (Fsp3) is 0.455. The Hall–Kier alpha value is -2.38. The second kappa shape index (κ2) is 6.53. The molecule has 2 aromatic heterocycles. The molecule has 0 atom stereocenters. The van der Waals surface area contributed by atoms with Crippen LogP contribution in [0.4, 0.5) is 11.9 Å². The van der Waals surface area contributed by atoms with Crippen molar-refractivity contribution in [2.45, 2.75) is 19.9 Å². The van der Waals surface area contributed by atoms with Gasteiger partial charge in [-0.25, -0.2) is 0 Å². The summed E-state index contributed by atoms with van der Waals surface area (Å²) < 4.78 is 9.78. The molecule has 2 N–H and O–H groups in total. The van der Waals surface area contributed by atoms with Crippen molar-refractivity contribution in [2.24, 2.45) is 0 Å². The molecule has 19 heavy (non-hydrogen) atoms. The van der Waals surface area contributed by atoms with Crippen molar-refractivity contribution < 1.29 is 9.26 Å². The number of hydrogen-bond donors (Lipinski definition) is 2. The molecule has 0 saturated heterocycles. The van der Waals surface area contributed by atoms with Crippen LogP contribution in [0.3, 0.4) is 0 Å². The maximum atomic E-state index is 5.04. The van der Waals surface area contributed by atoms with Gasteiger partial charge in [-0.2, -0.15) is 15.0 Å². The Balaban J connectivity index is 2.05. The molecule has 2 rings (SSSR count). The van der Waals surface area contributed by atoms with Crippen molar-refractivity contribution in [3.05, 3.63) is 18.0 Å². The lowest BCUT2D eigenvalue weighted by Gasteiger charge is -2.08. The number of nitrogens with zero attached hydrogens (tertiary/aromatic N) is 4. The van der Waals surface area contributed by atoms with Gasteiger partial charge in [0.15, 0.2) is 0 Å². The van der Waals surface area contributed by atoms with Crippen molar-refractivity contribution >= 4 is 11.9 Å². The highest BCUT2D eigenvalue weighted by atomic mass is 16.5. The summed E-state index contributed by atoms with van der Waals surface area (Å²) in [6.45, 7) is 3.32. The first kappa shape index (κ1) is 13.1. The van der Waals surface area contributed by atoms with Crippen LogP contribution in [0.1, 0.15) is 19.0 Å². The molecule has 0 aliphatic rings. The number of ether oxygens (including phenoxy) is 1. The summed E-state index contributed by atoms with van der Waals surface area (Å²) in [5.41, 5.74) is 0.766. The van der Waals surface area contributed by atoms with E-state index < -0.39 is 0 Å². The highest BCUT2D eigenvalue weighted by Gasteiger charge is 2.06. The van der Waals surface area contributed by atoms with Gasteiger partial charge in [0.2, 0.25) is 11.9 Å². The predicted octanol–water partition coefficient (Wildman–Crippen LogP) is 1.30. The van der Waals surface area contributed by atoms with E-state index in [2.05, 4.69) is 37.7 Å². The molecular formula is C11H16N6O2. The molecular weight excluding hydrogens is 248 g/mol. The average Bonchev–Trinajstić information content (AvgIpc) is 2.96. The SMILES string of the molecule is CCCNc1nc(NCc2ccon2)nc(OC)n1. The lowest BCUT2D eigenvalue weighted by Crippen LogP contribution is -2.10. The minimum absolute atomic E-state index is 0.260. The molecule has 0 radical (unpaired) electrons. The molecule has 0 amide bonds. The van der Waals surface area contributed by atoms with Crippen LogP contribution < -0.4 is 15.4 Å². The van der Waals surface area contributed by atoms with Gasteiger partial charge in [-0.3, -0.25) is 0 Å². The van der Waals surface area contributed by atoms with Crippen LogP contribution >= 0.6 is 0 Å². The first-order chi connectivity index (χ1) is 9.31. The van der Waals surface area contributed by atoms with Gasteiger partial charge in [0.25, 0.3) is 0 Å². The van der Waals surface area contributed by atoms with E-state index in [-0.39, 0.29) is 6.01 Å². The maximum absolute atomic E-state index is 5.04. The highest BCUT2D eigenvalue weighted by Crippen LogP contribution is 2.11. The van der Waals surface area contributed by atoms with Gasteiger partial charge in [0, 0.05) is 12.6 Å². The molecule has 0 unspecified atom stereocenters. The van der Waals surface area contributed by atoms with E-state index in [0.717, 1.165) is 18.7 Å². The molecule has 0 aliphatic heterocycles. The second-order valence-corrected chi connectivity index (χ2v) is 3.74. The molecule has 0 bridgehead atoms. The second-order valence-electron chi connectivity index (χ2n) is 3.74. The number of anilines is 2. The Labute approximate surface area is 110 Å². The highest BCUT2D eigenvalue weighted by molar-refractivity contribution is 5.36. The van der Waals surface area contributed by atoms with E-state index in [1.165, 1.54) is 13.4 Å². The molecule has 0 fully saturated rings. The van der Waals surface area contributed by atoms with E-state index in [1.54, 1.807) is 6.07 Å². The van der Waals surface area contributed by atoms with Crippen LogP contribution in [-0.2, 0) is 6.54 Å². The van der Waals surface area contributed by atoms with E-state index in [1.807, 2.05) is 0 Å². The van der Waals surface area contributed by atoms with E-state index in [0.29, 0.717) is 18.4 Å². The molecule has 8 nitrogen and oxygen atoms in total. The van der Waals surface area contributed by atoms with Crippen molar-refractivity contribution in [3.63, 3.8) is 0 Å². The summed E-state index contributed by atoms with van der Waals surface area (Å²) in [6, 6.07) is 2.03. The summed E-state index contributed by atoms with van der Waals surface area (Å²) in [7, 11) is 1.51. The molecule has 0 aromatic carbocycles. The maximum Gasteiger partial charge on any atom is 0.322 e. The summed E-state index contributed by atoms with van der Waals surface area (Å²) in [5.74, 6) is 0.907. The minimum Gasteiger partial charge on any atom is -0.467 e. The van der Waals surface area contributed by atoms with Crippen molar-refractivity contribution in [2.75, 3.05) is 24.3 Å². The van der Waals surface area contributed by atoms with E-state index in [4.69, 9.17) is 9.26 Å². The standard InChI is InChI=1S/C11H16N6O2/c1-3-5-12-9-14-10(16-11(15-9)18-2)13-7-8-4-6-19-17-8/h4,6H,3,5,7H2,1-2H3,(H2,12,13,14,15,16). The largest absolute Gasteiger partial charge is 0.467 e. The minimum atomic E-state index is 0.260. The number of hydrogen-bond acceptors (Lipinski definition) is 8. The Bertz CT molecular complexity index is 502. The first-order valence-electron chi connectivity index (χ1n) is 5.99. The van der Waals surface area contributed by atoms with Gasteiger partial charge in [-0.1, -0.05) is 12.1 Å². The van der Waals surface area contributed by atoms with E-state index in [9.17, 15) is 0 Å². The monoisotopic (exact) mass is 264 g/mol. The fourth-order valence-electron chi connectivity index (χ4n) is 1.34. The van der Waals surface area contributed by atoms with Gasteiger partial charge in [0.1, 0.15) is 12.0 Å². The Morgan fingerprint density at radius 1 is 1.21 bits per heavy atom. The van der Waals surface area contributed by atoms with Gasteiger partial charge >= 0.3 is 6.01 Å². The topological polar surface area (TPSA) is 98.0 Å². The lowest BCUT2D eigenvalue weighted by molar-refractivity contribution is 0.379. The zero-order valence-electron chi connectivity index (χ0n) is 10.9. The molecule has 0 spiro atoms. The summed E-state index contributed by atoms with van der Waals surface area (Å²) >= 11 is 0. The van der Waals surface area contributed by atoms with Crippen LogP contribution in [0.25, 0.3) is 0 Å². The molecule has 102 valence electrons. The van der Waals surface area contributed by atoms with Gasteiger partial charge in [-0.05, 0) is 6.42 Å². The molecule has 0 aliphatic carbocycles. The molecule has 2 aromatic rings. The molecule has 8 heteroatoms. The number of nitrogens with one attached hydrogen (secondary N) is 2.